The van der Waals surface area contributed by atoms with Gasteiger partial charge in [-0.15, -0.1) is 5.10 Å². The van der Waals surface area contributed by atoms with Gasteiger partial charge in [0.05, 0.1) is 30.0 Å². The maximum absolute atomic E-state index is 15.1. The molecular formula is C27H28FN7O7S. The van der Waals surface area contributed by atoms with E-state index < -0.39 is 26.7 Å². The number of halogens is 1. The molecule has 1 aromatic carbocycles. The van der Waals surface area contributed by atoms with E-state index in [1.165, 1.54) is 23.0 Å². The highest BCUT2D eigenvalue weighted by molar-refractivity contribution is 7.91. The first-order valence-corrected chi connectivity index (χ1v) is 14.6. The summed E-state index contributed by atoms with van der Waals surface area (Å²) in [6, 6.07) is 5.48. The summed E-state index contributed by atoms with van der Waals surface area (Å²) < 4.78 is 65.4. The Morgan fingerprint density at radius 3 is 2.67 bits per heavy atom. The van der Waals surface area contributed by atoms with Crippen LogP contribution in [0, 0.1) is 5.82 Å². The minimum atomic E-state index is -4.27. The number of furan rings is 1. The summed E-state index contributed by atoms with van der Waals surface area (Å²) in [7, 11) is -3.13. The first-order valence-electron chi connectivity index (χ1n) is 13.1. The van der Waals surface area contributed by atoms with Crippen LogP contribution in [0.4, 0.5) is 16.0 Å². The third-order valence-corrected chi connectivity index (χ3v) is 7.71. The first kappa shape index (κ1) is 29.7. The monoisotopic (exact) mass is 613 g/mol. The summed E-state index contributed by atoms with van der Waals surface area (Å²) in [6.45, 7) is 8.01. The van der Waals surface area contributed by atoms with E-state index in [0.29, 0.717) is 29.3 Å². The molecule has 0 radical (unpaired) electrons. The zero-order valence-corrected chi connectivity index (χ0v) is 24.6. The lowest BCUT2D eigenvalue weighted by Crippen LogP contribution is -2.10. The fraction of sp³-hybridized carbons (Fsp3) is 0.296. The Bertz CT molecular complexity index is 1900. The standard InChI is InChI=1S/C27H28FN7O7S/c1-6-40-16(4)34-13-17(12-30-34)23-24(41-15(2)3)25-32-27(33-35(25)14-29-23)31-20-8-7-18(11-19(20)28)43(37,38)22-10-9-21(42-22)26(36)39-5/h7-16H,6H2,1-5H3,(H,31,33). The molecule has 0 aliphatic carbocycles. The second-order valence-corrected chi connectivity index (χ2v) is 11.3. The number of hydrogen-bond acceptors (Lipinski definition) is 12. The summed E-state index contributed by atoms with van der Waals surface area (Å²) in [5.74, 6) is -1.69. The van der Waals surface area contributed by atoms with Crippen LogP contribution in [0.2, 0.25) is 0 Å². The summed E-state index contributed by atoms with van der Waals surface area (Å²) in [6.07, 6.45) is 4.35. The molecule has 0 fully saturated rings. The average Bonchev–Trinajstić information content (AvgIpc) is 3.74. The van der Waals surface area contributed by atoms with Crippen molar-refractivity contribution in [1.29, 1.82) is 0 Å². The number of fused-ring (bicyclic) bond motifs is 1. The highest BCUT2D eigenvalue weighted by Crippen LogP contribution is 2.33. The van der Waals surface area contributed by atoms with Gasteiger partial charge >= 0.3 is 5.97 Å². The summed E-state index contributed by atoms with van der Waals surface area (Å²) in [5, 5.41) is 10.9. The molecule has 4 heterocycles. The lowest BCUT2D eigenvalue weighted by molar-refractivity contribution is 0.0160. The van der Waals surface area contributed by atoms with Crippen molar-refractivity contribution in [2.75, 3.05) is 19.0 Å². The van der Waals surface area contributed by atoms with Gasteiger partial charge < -0.3 is 23.9 Å². The van der Waals surface area contributed by atoms with Crippen molar-refractivity contribution in [1.82, 2.24) is 29.4 Å². The molecule has 0 aliphatic heterocycles. The Kier molecular flexibility index (Phi) is 8.14. The number of aromatic nitrogens is 6. The van der Waals surface area contributed by atoms with Gasteiger partial charge in [-0.1, -0.05) is 0 Å². The van der Waals surface area contributed by atoms with Crippen LogP contribution < -0.4 is 10.1 Å². The van der Waals surface area contributed by atoms with Crippen LogP contribution in [-0.4, -0.2) is 63.6 Å². The molecule has 14 nitrogen and oxygen atoms in total. The molecule has 5 aromatic rings. The van der Waals surface area contributed by atoms with Crippen LogP contribution in [0.1, 0.15) is 44.5 Å². The van der Waals surface area contributed by atoms with E-state index in [1.807, 2.05) is 27.7 Å². The van der Waals surface area contributed by atoms with Gasteiger partial charge in [0.1, 0.15) is 24.1 Å². The van der Waals surface area contributed by atoms with Crippen LogP contribution in [0.3, 0.4) is 0 Å². The topological polar surface area (TPSA) is 165 Å². The van der Waals surface area contributed by atoms with E-state index in [0.717, 1.165) is 25.3 Å². The number of carbonyl (C=O) groups excluding carboxylic acids is 1. The molecule has 4 aromatic heterocycles. The fourth-order valence-corrected chi connectivity index (χ4v) is 5.28. The van der Waals surface area contributed by atoms with Crippen LogP contribution in [0.25, 0.3) is 16.9 Å². The molecule has 0 aliphatic rings. The largest absolute Gasteiger partial charge is 0.485 e. The number of hydrogen-bond donors (Lipinski definition) is 1. The molecule has 16 heteroatoms. The summed E-state index contributed by atoms with van der Waals surface area (Å²) in [4.78, 5) is 20.2. The number of benzene rings is 1. The normalized spacial score (nSPS) is 12.5. The molecule has 0 saturated heterocycles. The van der Waals surface area contributed by atoms with Gasteiger partial charge in [0.15, 0.2) is 5.75 Å². The number of methoxy groups -OCH3 is 1. The van der Waals surface area contributed by atoms with Gasteiger partial charge in [-0.3, -0.25) is 0 Å². The number of carbonyl (C=O) groups is 1. The van der Waals surface area contributed by atoms with Crippen molar-refractivity contribution < 1.29 is 36.2 Å². The maximum Gasteiger partial charge on any atom is 0.374 e. The molecule has 226 valence electrons. The molecule has 5 rings (SSSR count). The molecule has 1 N–H and O–H groups in total. The average molecular weight is 614 g/mol. The zero-order valence-electron chi connectivity index (χ0n) is 23.8. The number of esters is 1. The number of sulfone groups is 1. The number of rotatable bonds is 11. The Morgan fingerprint density at radius 2 is 1.98 bits per heavy atom. The third-order valence-electron chi connectivity index (χ3n) is 6.08. The van der Waals surface area contributed by atoms with Crippen molar-refractivity contribution in [3.8, 4) is 17.0 Å². The van der Waals surface area contributed by atoms with Crippen molar-refractivity contribution in [2.24, 2.45) is 0 Å². The Hall–Kier alpha value is -4.83. The van der Waals surface area contributed by atoms with Gasteiger partial charge in [0, 0.05) is 18.4 Å². The molecule has 0 bridgehead atoms. The summed E-state index contributed by atoms with van der Waals surface area (Å²) >= 11 is 0. The quantitative estimate of drug-likeness (QED) is 0.209. The molecule has 1 unspecified atom stereocenters. The number of anilines is 2. The van der Waals surface area contributed by atoms with Crippen LogP contribution in [0.15, 0.2) is 63.5 Å². The predicted octanol–water partition coefficient (Wildman–Crippen LogP) is 4.43. The van der Waals surface area contributed by atoms with E-state index in [2.05, 4.69) is 30.2 Å². The van der Waals surface area contributed by atoms with Crippen LogP contribution in [0.5, 0.6) is 5.75 Å². The van der Waals surface area contributed by atoms with Gasteiger partial charge in [-0.05, 0) is 58.0 Å². The maximum atomic E-state index is 15.1. The minimum Gasteiger partial charge on any atom is -0.485 e. The molecule has 43 heavy (non-hydrogen) atoms. The Morgan fingerprint density at radius 1 is 1.19 bits per heavy atom. The first-order chi connectivity index (χ1) is 20.5. The zero-order chi connectivity index (χ0) is 30.9. The van der Waals surface area contributed by atoms with Crippen molar-refractivity contribution in [2.45, 2.75) is 50.0 Å². The number of ether oxygens (including phenoxy) is 3. The van der Waals surface area contributed by atoms with Crippen LogP contribution in [-0.2, 0) is 19.3 Å². The smallest absolute Gasteiger partial charge is 0.374 e. The molecule has 1 atom stereocenters. The second-order valence-electron chi connectivity index (χ2n) is 9.44. The van der Waals surface area contributed by atoms with E-state index in [-0.39, 0.29) is 34.6 Å². The predicted molar refractivity (Wildman–Crippen MR) is 149 cm³/mol. The minimum absolute atomic E-state index is 0.0106. The van der Waals surface area contributed by atoms with Crippen molar-refractivity contribution in [3.63, 3.8) is 0 Å². The SMILES string of the molecule is CCOC(C)n1cc(-c2ncn3nc(Nc4ccc(S(=O)(=O)c5ccc(C(=O)OC)o5)cc4F)nc3c2OC(C)C)cn1. The molecular weight excluding hydrogens is 585 g/mol. The summed E-state index contributed by atoms with van der Waals surface area (Å²) in [5.41, 5.74) is 1.37. The van der Waals surface area contributed by atoms with Gasteiger partial charge in [0.25, 0.3) is 0 Å². The third kappa shape index (κ3) is 5.91. The number of nitrogens with zero attached hydrogens (tertiary/aromatic N) is 6. The van der Waals surface area contributed by atoms with Gasteiger partial charge in [-0.25, -0.2) is 27.3 Å². The fourth-order valence-electron chi connectivity index (χ4n) is 4.09. The van der Waals surface area contributed by atoms with Crippen molar-refractivity contribution >= 4 is 33.1 Å². The van der Waals surface area contributed by atoms with Gasteiger partial charge in [-0.2, -0.15) is 14.6 Å². The molecule has 0 amide bonds. The number of nitrogens with one attached hydrogen (secondary N) is 1. The highest BCUT2D eigenvalue weighted by Gasteiger charge is 2.26. The van der Waals surface area contributed by atoms with E-state index in [9.17, 15) is 13.2 Å². The van der Waals surface area contributed by atoms with Gasteiger partial charge in [0.2, 0.25) is 32.3 Å². The second kappa shape index (κ2) is 11.8. The van der Waals surface area contributed by atoms with Crippen molar-refractivity contribution in [3.05, 3.63) is 60.6 Å². The lowest BCUT2D eigenvalue weighted by atomic mass is 10.2. The Balaban J connectivity index is 1.44. The lowest BCUT2D eigenvalue weighted by Gasteiger charge is -2.13. The molecule has 0 saturated carbocycles. The van der Waals surface area contributed by atoms with E-state index in [1.54, 1.807) is 17.1 Å². The van der Waals surface area contributed by atoms with E-state index >= 15 is 4.39 Å². The Labute approximate surface area is 245 Å². The van der Waals surface area contributed by atoms with E-state index in [4.69, 9.17) is 13.9 Å². The molecule has 0 spiro atoms. The van der Waals surface area contributed by atoms with Crippen LogP contribution >= 0.6 is 0 Å². The highest BCUT2D eigenvalue weighted by atomic mass is 32.2.